The van der Waals surface area contributed by atoms with Gasteiger partial charge in [-0.3, -0.25) is 39.1 Å². The lowest BCUT2D eigenvalue weighted by atomic mass is 9.72. The smallest absolute Gasteiger partial charge is 0.262 e. The zero-order chi connectivity index (χ0) is 32.2. The Hall–Kier alpha value is -3.82. The van der Waals surface area contributed by atoms with Gasteiger partial charge in [0.25, 0.3) is 17.7 Å². The van der Waals surface area contributed by atoms with E-state index in [0.717, 1.165) is 35.7 Å². The lowest BCUT2D eigenvalue weighted by Crippen LogP contribution is -2.58. The predicted molar refractivity (Wildman–Crippen MR) is 171 cm³/mol. The Kier molecular flexibility index (Phi) is 8.20. The largest absolute Gasteiger partial charge is 0.336 e. The van der Waals surface area contributed by atoms with Crippen molar-refractivity contribution in [1.29, 1.82) is 0 Å². The average Bonchev–Trinajstić information content (AvgIpc) is 3.24. The van der Waals surface area contributed by atoms with Crippen LogP contribution in [0, 0.1) is 5.41 Å². The predicted octanol–water partition coefficient (Wildman–Crippen LogP) is 4.94. The number of rotatable bonds is 5. The van der Waals surface area contributed by atoms with Crippen LogP contribution in [-0.4, -0.2) is 82.0 Å². The fourth-order valence-corrected chi connectivity index (χ4v) is 7.43. The molecule has 2 saturated heterocycles. The summed E-state index contributed by atoms with van der Waals surface area (Å²) in [7, 11) is 0. The molecule has 9 nitrogen and oxygen atoms in total. The van der Waals surface area contributed by atoms with E-state index in [1.807, 2.05) is 17.0 Å². The molecule has 4 aliphatic rings. The van der Waals surface area contributed by atoms with Gasteiger partial charge in [-0.15, -0.1) is 0 Å². The number of benzene rings is 2. The summed E-state index contributed by atoms with van der Waals surface area (Å²) in [5, 5.41) is 2.93. The van der Waals surface area contributed by atoms with Crippen LogP contribution in [0.5, 0.6) is 0 Å². The first-order valence-electron chi connectivity index (χ1n) is 15.7. The molecule has 0 radical (unpaired) electrons. The van der Waals surface area contributed by atoms with E-state index in [0.29, 0.717) is 18.7 Å². The molecule has 0 saturated carbocycles. The molecule has 0 spiro atoms. The van der Waals surface area contributed by atoms with Gasteiger partial charge in [-0.2, -0.15) is 0 Å². The molecule has 3 atom stereocenters. The third-order valence-electron chi connectivity index (χ3n) is 9.83. The molecule has 2 aromatic rings. The van der Waals surface area contributed by atoms with E-state index in [-0.39, 0.29) is 47.4 Å². The second-order valence-electron chi connectivity index (χ2n) is 13.7. The maximum absolute atomic E-state index is 13.8. The lowest BCUT2D eigenvalue weighted by Gasteiger charge is -2.46. The molecule has 3 aliphatic heterocycles. The zero-order valence-corrected chi connectivity index (χ0v) is 26.9. The summed E-state index contributed by atoms with van der Waals surface area (Å²) in [5.41, 5.74) is 4.88. The van der Waals surface area contributed by atoms with Crippen LogP contribution in [0.1, 0.15) is 96.4 Å². The average molecular weight is 631 g/mol. The van der Waals surface area contributed by atoms with Gasteiger partial charge >= 0.3 is 0 Å². The van der Waals surface area contributed by atoms with E-state index in [1.54, 1.807) is 6.07 Å². The highest BCUT2D eigenvalue weighted by Crippen LogP contribution is 2.43. The van der Waals surface area contributed by atoms with Crippen molar-refractivity contribution in [2.24, 2.45) is 5.41 Å². The normalized spacial score (nSPS) is 25.5. The fourth-order valence-electron chi connectivity index (χ4n) is 7.30. The minimum atomic E-state index is -1.05. The number of carbonyl (C=O) groups is 5. The van der Waals surface area contributed by atoms with E-state index in [2.05, 4.69) is 50.0 Å². The molecule has 3 unspecified atom stereocenters. The number of piperazine rings is 1. The van der Waals surface area contributed by atoms with Crippen LogP contribution in [0.3, 0.4) is 0 Å². The lowest BCUT2D eigenvalue weighted by molar-refractivity contribution is -0.136. The molecule has 2 aromatic carbocycles. The van der Waals surface area contributed by atoms with Crippen molar-refractivity contribution in [2.75, 3.05) is 19.6 Å². The first-order valence-corrected chi connectivity index (χ1v) is 16.1. The number of allylic oxidation sites excluding steroid dienone is 1. The van der Waals surface area contributed by atoms with Gasteiger partial charge in [0, 0.05) is 48.7 Å². The fraction of sp³-hybridized carbons (Fsp3) is 0.457. The summed E-state index contributed by atoms with van der Waals surface area (Å²) in [6.45, 7) is 10.8. The molecule has 10 heteroatoms. The van der Waals surface area contributed by atoms with Gasteiger partial charge in [-0.1, -0.05) is 43.2 Å². The highest BCUT2D eigenvalue weighted by atomic mass is 35.5. The Morgan fingerprint density at radius 2 is 1.60 bits per heavy atom. The van der Waals surface area contributed by atoms with Crippen molar-refractivity contribution in [3.63, 3.8) is 0 Å². The van der Waals surface area contributed by atoms with Gasteiger partial charge in [0.05, 0.1) is 11.1 Å². The molecule has 0 aromatic heterocycles. The molecule has 2 fully saturated rings. The van der Waals surface area contributed by atoms with Crippen molar-refractivity contribution < 1.29 is 24.0 Å². The van der Waals surface area contributed by atoms with Crippen molar-refractivity contribution >= 4 is 46.7 Å². The molecular weight excluding hydrogens is 592 g/mol. The van der Waals surface area contributed by atoms with Gasteiger partial charge in [0.2, 0.25) is 11.8 Å². The van der Waals surface area contributed by atoms with Crippen molar-refractivity contribution in [3.05, 3.63) is 75.3 Å². The van der Waals surface area contributed by atoms with Gasteiger partial charge in [-0.25, -0.2) is 0 Å². The molecule has 0 bridgehead atoms. The van der Waals surface area contributed by atoms with Crippen LogP contribution < -0.4 is 5.32 Å². The topological polar surface area (TPSA) is 107 Å². The first kappa shape index (κ1) is 31.2. The summed E-state index contributed by atoms with van der Waals surface area (Å²) < 4.78 is 0. The first-order chi connectivity index (χ1) is 21.3. The number of nitrogens with zero attached hydrogens (tertiary/aromatic N) is 3. The number of piperidine rings is 1. The minimum Gasteiger partial charge on any atom is -0.336 e. The number of amides is 5. The van der Waals surface area contributed by atoms with Crippen molar-refractivity contribution in [1.82, 2.24) is 20.0 Å². The molecule has 1 aliphatic carbocycles. The molecule has 45 heavy (non-hydrogen) atoms. The third-order valence-corrected chi connectivity index (χ3v) is 10.1. The summed E-state index contributed by atoms with van der Waals surface area (Å²) in [4.78, 5) is 69.4. The second kappa shape index (κ2) is 11.8. The Balaban J connectivity index is 1.18. The molecular formula is C35H39ClN4O5. The number of carbonyl (C=O) groups excluding carboxylic acids is 5. The van der Waals surface area contributed by atoms with Crippen molar-refractivity contribution in [2.45, 2.75) is 77.9 Å². The standard InChI is InChI=1S/C35H39ClN4O5/c1-20-17-38(18-21(2)39(20)19-24-13-14-35(3,4)16-28(24)22-5-8-25(36)9-6-22)32(43)23-7-10-26-27(15-23)34(45)40(33(26)44)29-11-12-30(41)37-31(29)42/h5-10,15,20-21,29H,11-14,16-19H2,1-4H3,(H,37,41,42). The molecule has 6 rings (SSSR count). The monoisotopic (exact) mass is 630 g/mol. The van der Waals surface area contributed by atoms with E-state index < -0.39 is 29.7 Å². The molecule has 236 valence electrons. The van der Waals surface area contributed by atoms with Gasteiger partial charge in [0.15, 0.2) is 0 Å². The van der Waals surface area contributed by atoms with Crippen LogP contribution >= 0.6 is 11.6 Å². The number of fused-ring (bicyclic) bond motifs is 1. The number of nitrogens with one attached hydrogen (secondary N) is 1. The second-order valence-corrected chi connectivity index (χ2v) is 14.2. The van der Waals surface area contributed by atoms with Crippen molar-refractivity contribution in [3.8, 4) is 0 Å². The van der Waals surface area contributed by atoms with E-state index in [9.17, 15) is 24.0 Å². The summed E-state index contributed by atoms with van der Waals surface area (Å²) in [6, 6.07) is 11.8. The Bertz CT molecular complexity index is 1620. The van der Waals surface area contributed by atoms with Crippen LogP contribution in [-0.2, 0) is 9.59 Å². The Morgan fingerprint density at radius 1 is 0.933 bits per heavy atom. The number of halogens is 1. The molecule has 3 heterocycles. The SMILES string of the molecule is CC1CN(C(=O)c2ccc3c(c2)C(=O)N(C2CCC(=O)NC2=O)C3=O)CC(C)N1CC1=C(c2ccc(Cl)cc2)CC(C)(C)CC1. The van der Waals surface area contributed by atoms with E-state index in [1.165, 1.54) is 28.8 Å². The summed E-state index contributed by atoms with van der Waals surface area (Å²) in [5.74, 6) is -2.49. The maximum Gasteiger partial charge on any atom is 0.262 e. The quantitative estimate of drug-likeness (QED) is 0.469. The van der Waals surface area contributed by atoms with Gasteiger partial charge < -0.3 is 4.90 Å². The van der Waals surface area contributed by atoms with E-state index >= 15 is 0 Å². The number of hydrogen-bond acceptors (Lipinski definition) is 6. The van der Waals surface area contributed by atoms with Crippen LogP contribution in [0.25, 0.3) is 5.57 Å². The van der Waals surface area contributed by atoms with Gasteiger partial charge in [-0.05, 0) is 86.4 Å². The van der Waals surface area contributed by atoms with Gasteiger partial charge in [0.1, 0.15) is 6.04 Å². The maximum atomic E-state index is 13.8. The highest BCUT2D eigenvalue weighted by Gasteiger charge is 2.45. The van der Waals surface area contributed by atoms with Crippen LogP contribution in [0.15, 0.2) is 48.0 Å². The minimum absolute atomic E-state index is 0.0492. The van der Waals surface area contributed by atoms with E-state index in [4.69, 9.17) is 11.6 Å². The summed E-state index contributed by atoms with van der Waals surface area (Å²) >= 11 is 6.19. The molecule has 1 N–H and O–H groups in total. The van der Waals surface area contributed by atoms with Crippen LogP contribution in [0.4, 0.5) is 0 Å². The Morgan fingerprint density at radius 3 is 2.27 bits per heavy atom. The highest BCUT2D eigenvalue weighted by molar-refractivity contribution is 6.30. The zero-order valence-electron chi connectivity index (χ0n) is 26.2. The number of hydrogen-bond donors (Lipinski definition) is 1. The number of imide groups is 2. The Labute approximate surface area is 268 Å². The summed E-state index contributed by atoms with van der Waals surface area (Å²) in [6.07, 6.45) is 3.29. The third kappa shape index (κ3) is 5.95. The molecule has 5 amide bonds. The van der Waals surface area contributed by atoms with Crippen LogP contribution in [0.2, 0.25) is 5.02 Å².